The van der Waals surface area contributed by atoms with Gasteiger partial charge in [-0.15, -0.1) is 11.3 Å². The number of amides is 3. The maximum atomic E-state index is 14.0. The Labute approximate surface area is 362 Å². The Bertz CT molecular complexity index is 2810. The predicted octanol–water partition coefficient (Wildman–Crippen LogP) is 2.29. The van der Waals surface area contributed by atoms with Crippen LogP contribution in [-0.4, -0.2) is 97.4 Å². The molecule has 0 bridgehead atoms. The Hall–Kier alpha value is -6.10. The van der Waals surface area contributed by atoms with Gasteiger partial charge < -0.3 is 29.9 Å². The molecule has 0 saturated carbocycles. The number of aliphatic hydroxyl groups is 1. The number of carbonyl (C=O) groups excluding carboxylic acids is 3. The van der Waals surface area contributed by atoms with Crippen LogP contribution in [0.25, 0.3) is 21.6 Å². The Kier molecular flexibility index (Phi) is 13.5. The number of aromatic nitrogens is 5. The molecule has 62 heavy (non-hydrogen) atoms. The van der Waals surface area contributed by atoms with Crippen LogP contribution < -0.4 is 26.6 Å². The number of aryl methyl sites for hydroxylation is 2. The summed E-state index contributed by atoms with van der Waals surface area (Å²) in [5, 5.41) is 16.0. The first-order valence-electron chi connectivity index (χ1n) is 19.9. The van der Waals surface area contributed by atoms with E-state index in [0.29, 0.717) is 17.7 Å². The van der Waals surface area contributed by atoms with Crippen LogP contribution in [-0.2, 0) is 51.4 Å². The van der Waals surface area contributed by atoms with E-state index >= 15 is 0 Å². The molecule has 0 spiro atoms. The number of likely N-dealkylation sites (tertiary alicyclic amines) is 1. The first-order valence-corrected chi connectivity index (χ1v) is 22.6. The van der Waals surface area contributed by atoms with Crippen molar-refractivity contribution >= 4 is 50.1 Å². The summed E-state index contributed by atoms with van der Waals surface area (Å²) in [5.41, 5.74) is 2.98. The number of β-amino-alcohol motifs (C(OH)–C–C–N with tert-alkyl or cyclic N) is 1. The highest BCUT2D eigenvalue weighted by atomic mass is 32.2. The van der Waals surface area contributed by atoms with E-state index in [4.69, 9.17) is 4.74 Å². The van der Waals surface area contributed by atoms with Crippen molar-refractivity contribution in [1.29, 1.82) is 0 Å². The number of thiazole rings is 1. The molecule has 4 heterocycles. The summed E-state index contributed by atoms with van der Waals surface area (Å²) >= 11 is 1.56. The fraction of sp³-hybridized carbons (Fsp3) is 0.419. The molecule has 3 atom stereocenters. The highest BCUT2D eigenvalue weighted by molar-refractivity contribution is 7.90. The van der Waals surface area contributed by atoms with E-state index in [-0.39, 0.29) is 67.2 Å². The molecule has 1 aliphatic rings. The Morgan fingerprint density at radius 1 is 1.08 bits per heavy atom. The molecule has 0 unspecified atom stereocenters. The number of ether oxygens (including phenoxy) is 1. The van der Waals surface area contributed by atoms with Crippen molar-refractivity contribution < 1.29 is 32.6 Å². The summed E-state index contributed by atoms with van der Waals surface area (Å²) in [6, 6.07) is 12.8. The van der Waals surface area contributed by atoms with Gasteiger partial charge in [0.25, 0.3) is 5.56 Å². The van der Waals surface area contributed by atoms with Gasteiger partial charge in [0.2, 0.25) is 32.7 Å². The number of rotatable bonds is 13. The monoisotopic (exact) mass is 886 g/mol. The number of hydrogen-bond donors (Lipinski definition) is 3. The smallest absolute Gasteiger partial charge is 0.333 e. The van der Waals surface area contributed by atoms with Gasteiger partial charge in [-0.2, -0.15) is 4.98 Å². The Morgan fingerprint density at radius 3 is 2.47 bits per heavy atom. The van der Waals surface area contributed by atoms with E-state index in [9.17, 15) is 37.5 Å². The average molecular weight is 887 g/mol. The Morgan fingerprint density at radius 2 is 1.81 bits per heavy atom. The van der Waals surface area contributed by atoms with Gasteiger partial charge in [-0.25, -0.2) is 18.2 Å². The number of fused-ring (bicyclic) bond motifs is 1. The van der Waals surface area contributed by atoms with Gasteiger partial charge in [-0.3, -0.25) is 28.3 Å². The molecule has 6 rings (SSSR count). The van der Waals surface area contributed by atoms with E-state index in [2.05, 4.69) is 32.4 Å². The van der Waals surface area contributed by atoms with Gasteiger partial charge >= 0.3 is 5.69 Å². The fourth-order valence-corrected chi connectivity index (χ4v) is 8.86. The summed E-state index contributed by atoms with van der Waals surface area (Å²) in [6.07, 6.45) is 0.510. The van der Waals surface area contributed by atoms with Crippen molar-refractivity contribution in [1.82, 2.24) is 39.2 Å². The minimum Gasteiger partial charge on any atom is -0.494 e. The standard InChI is InChI=1S/C43H50N8O9S2/c1-26-35(61-25-45-26)29-17-15-28(16-18-29)23-44-38(54)32-22-30(52)24-51(32)40(56)36(43(2,3)4)46-33(53)14-10-20-60-31-13-8-11-27(21-31)12-9-19-50-37-34(39(55)49(6)42(50)57)48(5)41(47-37)62(7,58)59/h8,11,13,15-18,21,25,30,32,36,52H,10,14,19-20,22-24H2,1-7H3,(H,44,54)(H,46,53)/t30-,32+,36-/m1/s1. The molecule has 5 aromatic rings. The molecular formula is C43H50N8O9S2. The van der Waals surface area contributed by atoms with Gasteiger partial charge in [0.05, 0.1) is 35.3 Å². The molecule has 1 fully saturated rings. The third-order valence-electron chi connectivity index (χ3n) is 10.5. The van der Waals surface area contributed by atoms with Crippen molar-refractivity contribution in [3.8, 4) is 28.0 Å². The van der Waals surface area contributed by atoms with Crippen LogP contribution in [0.1, 0.15) is 56.9 Å². The predicted molar refractivity (Wildman–Crippen MR) is 233 cm³/mol. The van der Waals surface area contributed by atoms with E-state index in [0.717, 1.165) is 41.7 Å². The van der Waals surface area contributed by atoms with Crippen molar-refractivity contribution in [3.05, 3.63) is 91.7 Å². The van der Waals surface area contributed by atoms with Crippen molar-refractivity contribution in [3.63, 3.8) is 0 Å². The molecule has 1 saturated heterocycles. The molecule has 328 valence electrons. The first kappa shape index (κ1) is 45.4. The lowest BCUT2D eigenvalue weighted by molar-refractivity contribution is -0.144. The van der Waals surface area contributed by atoms with Crippen molar-refractivity contribution in [2.45, 2.75) is 83.4 Å². The number of hydrogen-bond acceptors (Lipinski definition) is 12. The number of benzene rings is 2. The van der Waals surface area contributed by atoms with E-state index < -0.39 is 50.6 Å². The fourth-order valence-electron chi connectivity index (χ4n) is 7.20. The number of nitrogens with one attached hydrogen (secondary N) is 2. The van der Waals surface area contributed by atoms with Gasteiger partial charge in [0.15, 0.2) is 11.2 Å². The molecule has 3 amide bonds. The largest absolute Gasteiger partial charge is 0.494 e. The second-order valence-electron chi connectivity index (χ2n) is 16.4. The highest BCUT2D eigenvalue weighted by Gasteiger charge is 2.44. The normalized spacial score (nSPS) is 15.8. The van der Waals surface area contributed by atoms with E-state index in [1.54, 1.807) is 41.1 Å². The van der Waals surface area contributed by atoms with Gasteiger partial charge in [0, 0.05) is 51.8 Å². The van der Waals surface area contributed by atoms with Crippen molar-refractivity contribution in [2.75, 3.05) is 19.4 Å². The summed E-state index contributed by atoms with van der Waals surface area (Å²) in [6.45, 7) is 7.61. The Balaban J connectivity index is 1.02. The molecule has 2 aromatic carbocycles. The molecule has 0 radical (unpaired) electrons. The second kappa shape index (κ2) is 18.5. The van der Waals surface area contributed by atoms with Crippen LogP contribution in [0, 0.1) is 24.2 Å². The van der Waals surface area contributed by atoms with Crippen LogP contribution in [0.3, 0.4) is 0 Å². The van der Waals surface area contributed by atoms with Gasteiger partial charge in [0.1, 0.15) is 17.8 Å². The molecule has 19 heteroatoms. The minimum absolute atomic E-state index is 0.0360. The lowest BCUT2D eigenvalue weighted by Crippen LogP contribution is -2.57. The first-order chi connectivity index (χ1) is 29.2. The van der Waals surface area contributed by atoms with E-state index in [1.807, 2.05) is 52.0 Å². The number of carbonyl (C=O) groups is 3. The van der Waals surface area contributed by atoms with Gasteiger partial charge in [-0.1, -0.05) is 62.9 Å². The van der Waals surface area contributed by atoms with Crippen LogP contribution in [0.4, 0.5) is 0 Å². The lowest BCUT2D eigenvalue weighted by atomic mass is 9.85. The molecule has 3 aromatic heterocycles. The molecule has 1 aliphatic heterocycles. The van der Waals surface area contributed by atoms with Gasteiger partial charge in [-0.05, 0) is 48.1 Å². The molecule has 0 aliphatic carbocycles. The molecular weight excluding hydrogens is 837 g/mol. The average Bonchev–Trinajstić information content (AvgIpc) is 3.94. The van der Waals surface area contributed by atoms with Crippen LogP contribution >= 0.6 is 11.3 Å². The summed E-state index contributed by atoms with van der Waals surface area (Å²) in [7, 11) is -1.11. The quantitative estimate of drug-likeness (QED) is 0.115. The van der Waals surface area contributed by atoms with Crippen LogP contribution in [0.2, 0.25) is 0 Å². The maximum Gasteiger partial charge on any atom is 0.333 e. The zero-order valence-corrected chi connectivity index (χ0v) is 37.2. The topological polar surface area (TPSA) is 217 Å². The zero-order chi connectivity index (χ0) is 45.1. The number of aliphatic hydroxyl groups excluding tert-OH is 1. The molecule has 3 N–H and O–H groups in total. The van der Waals surface area contributed by atoms with Crippen LogP contribution in [0.5, 0.6) is 5.75 Å². The number of sulfone groups is 1. The number of nitrogens with zero attached hydrogens (tertiary/aromatic N) is 6. The summed E-state index contributed by atoms with van der Waals surface area (Å²) in [5.74, 6) is 5.10. The van der Waals surface area contributed by atoms with Crippen molar-refractivity contribution in [2.24, 2.45) is 19.5 Å². The van der Waals surface area contributed by atoms with Crippen LogP contribution in [0.15, 0.2) is 68.8 Å². The summed E-state index contributed by atoms with van der Waals surface area (Å²) in [4.78, 5) is 77.3. The zero-order valence-electron chi connectivity index (χ0n) is 35.6. The minimum atomic E-state index is -3.80. The summed E-state index contributed by atoms with van der Waals surface area (Å²) < 4.78 is 33.6. The third kappa shape index (κ3) is 10.2. The maximum absolute atomic E-state index is 14.0. The SMILES string of the molecule is Cc1ncsc1-c1ccc(CNC(=O)[C@@H]2C[C@@H](O)CN2C(=O)[C@@H](NC(=O)CCCOc2cccc(C#CCn3c(=O)n(C)c(=O)c4c3nc(S(C)(=O)=O)n4C)c2)C(C)(C)C)cc1. The number of imidazole rings is 1. The highest BCUT2D eigenvalue weighted by Crippen LogP contribution is 2.28. The third-order valence-corrected chi connectivity index (χ3v) is 12.5. The molecule has 17 nitrogen and oxygen atoms in total. The second-order valence-corrected chi connectivity index (χ2v) is 19.1. The lowest BCUT2D eigenvalue weighted by Gasteiger charge is -2.35. The van der Waals surface area contributed by atoms with E-state index in [1.165, 1.54) is 19.0 Å².